The highest BCUT2D eigenvalue weighted by Gasteiger charge is 2.17. The van der Waals surface area contributed by atoms with Gasteiger partial charge in [0.2, 0.25) is 5.91 Å². The Kier molecular flexibility index (Phi) is 6.26. The van der Waals surface area contributed by atoms with E-state index < -0.39 is 17.1 Å². The van der Waals surface area contributed by atoms with E-state index in [1.807, 2.05) is 18.2 Å². The maximum Gasteiger partial charge on any atom is 0.325 e. The fourth-order valence-corrected chi connectivity index (χ4v) is 3.76. The number of aromatic amines is 2. The van der Waals surface area contributed by atoms with Crippen LogP contribution in [0.1, 0.15) is 11.5 Å². The van der Waals surface area contributed by atoms with Crippen molar-refractivity contribution >= 4 is 23.4 Å². The molecule has 2 aromatic carbocycles. The van der Waals surface area contributed by atoms with Crippen molar-refractivity contribution in [2.24, 2.45) is 0 Å². The number of carbonyl (C=O) groups excluding carboxylic acids is 1. The van der Waals surface area contributed by atoms with Crippen LogP contribution in [0.4, 0.5) is 10.1 Å². The van der Waals surface area contributed by atoms with Crippen molar-refractivity contribution < 1.29 is 9.18 Å². The second-order valence-electron chi connectivity index (χ2n) is 6.70. The van der Waals surface area contributed by atoms with Crippen LogP contribution in [0.25, 0.3) is 5.69 Å². The molecule has 0 spiro atoms. The lowest BCUT2D eigenvalue weighted by molar-refractivity contribution is -0.113. The Labute approximate surface area is 184 Å². The van der Waals surface area contributed by atoms with E-state index in [0.717, 1.165) is 11.8 Å². The summed E-state index contributed by atoms with van der Waals surface area (Å²) in [5, 5.41) is 11.5. The van der Waals surface area contributed by atoms with Crippen LogP contribution in [0.5, 0.6) is 0 Å². The third-order valence-electron chi connectivity index (χ3n) is 4.34. The van der Waals surface area contributed by atoms with Gasteiger partial charge in [-0.2, -0.15) is 0 Å². The van der Waals surface area contributed by atoms with Gasteiger partial charge in [0.1, 0.15) is 11.6 Å². The van der Waals surface area contributed by atoms with Crippen molar-refractivity contribution in [2.75, 3.05) is 11.1 Å². The quantitative estimate of drug-likeness (QED) is 0.369. The Morgan fingerprint density at radius 2 is 1.78 bits per heavy atom. The Hall–Kier alpha value is -3.99. The van der Waals surface area contributed by atoms with Gasteiger partial charge in [-0.15, -0.1) is 10.2 Å². The molecule has 1 amide bonds. The van der Waals surface area contributed by atoms with Crippen LogP contribution in [-0.2, 0) is 11.2 Å². The highest BCUT2D eigenvalue weighted by Crippen LogP contribution is 2.23. The minimum absolute atomic E-state index is 0.0655. The van der Waals surface area contributed by atoms with E-state index in [1.54, 1.807) is 28.8 Å². The number of halogens is 1. The van der Waals surface area contributed by atoms with E-state index in [-0.39, 0.29) is 18.1 Å². The molecule has 11 heteroatoms. The highest BCUT2D eigenvalue weighted by atomic mass is 32.2. The lowest BCUT2D eigenvalue weighted by atomic mass is 10.2. The second kappa shape index (κ2) is 9.43. The first kappa shape index (κ1) is 21.2. The minimum atomic E-state index is -0.632. The van der Waals surface area contributed by atoms with Crippen molar-refractivity contribution in [3.05, 3.63) is 98.8 Å². The number of hydrogen-bond acceptors (Lipinski definition) is 6. The molecule has 162 valence electrons. The average Bonchev–Trinajstić information content (AvgIpc) is 3.15. The molecule has 0 unspecified atom stereocenters. The van der Waals surface area contributed by atoms with Crippen molar-refractivity contribution in [1.82, 2.24) is 24.7 Å². The molecule has 0 aliphatic heterocycles. The summed E-state index contributed by atoms with van der Waals surface area (Å²) in [5.74, 6) is -0.159. The molecule has 0 saturated heterocycles. The number of thioether (sulfide) groups is 1. The van der Waals surface area contributed by atoms with Gasteiger partial charge in [0.25, 0.3) is 5.56 Å². The zero-order chi connectivity index (χ0) is 22.5. The SMILES string of the molecule is O=C(CSc1nnc(Cc2cc(=O)[nH]c(=O)[nH]2)n1-c1ccc(F)cc1)Nc1ccccc1. The summed E-state index contributed by atoms with van der Waals surface area (Å²) in [5.41, 5.74) is 0.422. The molecule has 9 nitrogen and oxygen atoms in total. The average molecular weight is 452 g/mol. The normalized spacial score (nSPS) is 10.8. The summed E-state index contributed by atoms with van der Waals surface area (Å²) in [6, 6.07) is 16.0. The Morgan fingerprint density at radius 3 is 2.50 bits per heavy atom. The predicted octanol–water partition coefficient (Wildman–Crippen LogP) is 2.10. The minimum Gasteiger partial charge on any atom is -0.325 e. The summed E-state index contributed by atoms with van der Waals surface area (Å²) >= 11 is 1.15. The molecule has 4 rings (SSSR count). The number of hydrogen-bond donors (Lipinski definition) is 3. The van der Waals surface area contributed by atoms with Gasteiger partial charge in [-0.3, -0.25) is 19.1 Å². The second-order valence-corrected chi connectivity index (χ2v) is 7.65. The van der Waals surface area contributed by atoms with Gasteiger partial charge in [-0.25, -0.2) is 9.18 Å². The van der Waals surface area contributed by atoms with Gasteiger partial charge >= 0.3 is 5.69 Å². The third kappa shape index (κ3) is 5.19. The number of nitrogens with zero attached hydrogens (tertiary/aromatic N) is 3. The van der Waals surface area contributed by atoms with E-state index in [4.69, 9.17) is 0 Å². The maximum absolute atomic E-state index is 13.4. The molecular formula is C21H17FN6O3S. The number of nitrogens with one attached hydrogen (secondary N) is 3. The van der Waals surface area contributed by atoms with Gasteiger partial charge < -0.3 is 10.3 Å². The van der Waals surface area contributed by atoms with Crippen molar-refractivity contribution in [1.29, 1.82) is 0 Å². The van der Waals surface area contributed by atoms with Crippen LogP contribution in [0.3, 0.4) is 0 Å². The molecular weight excluding hydrogens is 435 g/mol. The molecule has 32 heavy (non-hydrogen) atoms. The smallest absolute Gasteiger partial charge is 0.325 e. The van der Waals surface area contributed by atoms with Crippen LogP contribution in [-0.4, -0.2) is 36.4 Å². The number of amides is 1. The van der Waals surface area contributed by atoms with E-state index in [0.29, 0.717) is 28.0 Å². The van der Waals surface area contributed by atoms with Crippen molar-refractivity contribution in [3.63, 3.8) is 0 Å². The largest absolute Gasteiger partial charge is 0.325 e. The first-order valence-electron chi connectivity index (χ1n) is 9.48. The fourth-order valence-electron chi connectivity index (χ4n) is 2.99. The number of H-pyrrole nitrogens is 2. The van der Waals surface area contributed by atoms with Crippen LogP contribution in [0.2, 0.25) is 0 Å². The number of rotatable bonds is 7. The number of anilines is 1. The maximum atomic E-state index is 13.4. The lowest BCUT2D eigenvalue weighted by Crippen LogP contribution is -2.23. The van der Waals surface area contributed by atoms with E-state index in [1.165, 1.54) is 18.2 Å². The molecule has 0 saturated carbocycles. The lowest BCUT2D eigenvalue weighted by Gasteiger charge is -2.10. The number of para-hydroxylation sites is 1. The third-order valence-corrected chi connectivity index (χ3v) is 5.27. The van der Waals surface area contributed by atoms with E-state index >= 15 is 0 Å². The topological polar surface area (TPSA) is 126 Å². The van der Waals surface area contributed by atoms with Gasteiger partial charge in [0, 0.05) is 29.6 Å². The fraction of sp³-hybridized carbons (Fsp3) is 0.0952. The first-order valence-corrected chi connectivity index (χ1v) is 10.5. The Morgan fingerprint density at radius 1 is 1.03 bits per heavy atom. The number of carbonyl (C=O) groups is 1. The van der Waals surface area contributed by atoms with Crippen molar-refractivity contribution in [3.8, 4) is 5.69 Å². The summed E-state index contributed by atoms with van der Waals surface area (Å²) < 4.78 is 15.1. The van der Waals surface area contributed by atoms with Crippen LogP contribution in [0, 0.1) is 5.82 Å². The molecule has 4 aromatic rings. The molecule has 2 heterocycles. The molecule has 0 atom stereocenters. The van der Waals surface area contributed by atoms with Crippen LogP contribution in [0.15, 0.2) is 75.4 Å². The molecule has 0 aliphatic carbocycles. The zero-order valence-corrected chi connectivity index (χ0v) is 17.4. The zero-order valence-electron chi connectivity index (χ0n) is 16.5. The van der Waals surface area contributed by atoms with E-state index in [2.05, 4.69) is 25.5 Å². The summed E-state index contributed by atoms with van der Waals surface area (Å²) in [7, 11) is 0. The molecule has 3 N–H and O–H groups in total. The Bertz CT molecular complexity index is 1320. The molecule has 0 fully saturated rings. The van der Waals surface area contributed by atoms with Gasteiger partial charge in [0.15, 0.2) is 5.16 Å². The Balaban J connectivity index is 1.60. The molecule has 0 bridgehead atoms. The predicted molar refractivity (Wildman–Crippen MR) is 118 cm³/mol. The highest BCUT2D eigenvalue weighted by molar-refractivity contribution is 7.99. The summed E-state index contributed by atoms with van der Waals surface area (Å²) in [4.78, 5) is 40.2. The molecule has 0 radical (unpaired) electrons. The van der Waals surface area contributed by atoms with Crippen LogP contribution >= 0.6 is 11.8 Å². The number of aromatic nitrogens is 5. The van der Waals surface area contributed by atoms with Crippen molar-refractivity contribution in [2.45, 2.75) is 11.6 Å². The van der Waals surface area contributed by atoms with Gasteiger partial charge in [-0.1, -0.05) is 30.0 Å². The van der Waals surface area contributed by atoms with Crippen LogP contribution < -0.4 is 16.6 Å². The molecule has 2 aromatic heterocycles. The summed E-state index contributed by atoms with van der Waals surface area (Å²) in [6.45, 7) is 0. The monoisotopic (exact) mass is 452 g/mol. The van der Waals surface area contributed by atoms with Gasteiger partial charge in [0.05, 0.1) is 5.75 Å². The standard InChI is InChI=1S/C21H17FN6O3S/c22-13-6-8-16(9-7-13)28-17(10-15-11-18(29)25-20(31)24-15)26-27-21(28)32-12-19(30)23-14-4-2-1-3-5-14/h1-9,11H,10,12H2,(H,23,30)(H2,24,25,29,31). The van der Waals surface area contributed by atoms with E-state index in [9.17, 15) is 18.8 Å². The van der Waals surface area contributed by atoms with Gasteiger partial charge in [-0.05, 0) is 36.4 Å². The number of benzene rings is 2. The summed E-state index contributed by atoms with van der Waals surface area (Å²) in [6.07, 6.45) is 0.0975. The first-order chi connectivity index (χ1) is 15.5. The molecule has 0 aliphatic rings.